The Morgan fingerprint density at radius 2 is 1.33 bits per heavy atom. The van der Waals surface area contributed by atoms with E-state index in [4.69, 9.17) is 29.4 Å². The van der Waals surface area contributed by atoms with Crippen molar-refractivity contribution in [2.75, 3.05) is 5.73 Å². The number of hydrogen-bond acceptors (Lipinski definition) is 12. The van der Waals surface area contributed by atoms with Gasteiger partial charge in [0.2, 0.25) is 0 Å². The van der Waals surface area contributed by atoms with E-state index in [0.717, 1.165) is 35.4 Å². The van der Waals surface area contributed by atoms with Crippen LogP contribution in [0.5, 0.6) is 29.0 Å². The van der Waals surface area contributed by atoms with E-state index in [0.29, 0.717) is 12.2 Å². The number of ketones is 1. The SMILES string of the molecule is CC(C)(C)C(=O)Oc1cc2c(cc1F)C1(OC(=O)c3cc(C(=O)CCc4ccc(COc5nccc(N)n5)cc4)ccc31)c1cc(F)c(OC(=O)C(C)(C)C)cc1O2. The molecule has 0 bridgehead atoms. The van der Waals surface area contributed by atoms with Gasteiger partial charge in [0, 0.05) is 35.9 Å². The molecule has 3 heterocycles. The highest BCUT2D eigenvalue weighted by atomic mass is 19.1. The maximum absolute atomic E-state index is 15.9. The van der Waals surface area contributed by atoms with Crippen LogP contribution in [0.1, 0.15) is 96.5 Å². The first-order valence-electron chi connectivity index (χ1n) is 18.3. The van der Waals surface area contributed by atoms with Gasteiger partial charge < -0.3 is 29.4 Å². The molecule has 0 amide bonds. The van der Waals surface area contributed by atoms with E-state index in [2.05, 4.69) is 9.97 Å². The van der Waals surface area contributed by atoms with Crippen molar-refractivity contribution in [1.82, 2.24) is 9.97 Å². The van der Waals surface area contributed by atoms with E-state index in [1.54, 1.807) is 47.6 Å². The Hall–Kier alpha value is -6.70. The smallest absolute Gasteiger partial charge is 0.340 e. The van der Waals surface area contributed by atoms with Crippen LogP contribution in [0.15, 0.2) is 79.0 Å². The number of anilines is 1. The van der Waals surface area contributed by atoms with Crippen LogP contribution in [0.2, 0.25) is 0 Å². The third-order valence-corrected chi connectivity index (χ3v) is 9.55. The van der Waals surface area contributed by atoms with E-state index in [9.17, 15) is 19.2 Å². The van der Waals surface area contributed by atoms with E-state index in [1.807, 2.05) is 24.3 Å². The van der Waals surface area contributed by atoms with Crippen molar-refractivity contribution in [1.29, 1.82) is 0 Å². The Kier molecular flexibility index (Phi) is 10.00. The van der Waals surface area contributed by atoms with Crippen molar-refractivity contribution >= 4 is 29.5 Å². The summed E-state index contributed by atoms with van der Waals surface area (Å²) in [7, 11) is 0. The molecule has 58 heavy (non-hydrogen) atoms. The number of benzene rings is 4. The molecule has 7 rings (SSSR count). The summed E-state index contributed by atoms with van der Waals surface area (Å²) in [6.45, 7) is 9.83. The van der Waals surface area contributed by atoms with Crippen LogP contribution in [0.3, 0.4) is 0 Å². The highest BCUT2D eigenvalue weighted by molar-refractivity contribution is 6.02. The number of nitrogen functional groups attached to an aromatic ring is 1. The molecular formula is C44H39F2N3O9. The van der Waals surface area contributed by atoms with Gasteiger partial charge >= 0.3 is 23.9 Å². The summed E-state index contributed by atoms with van der Waals surface area (Å²) in [6.07, 6.45) is 2.00. The summed E-state index contributed by atoms with van der Waals surface area (Å²) < 4.78 is 60.4. The molecule has 0 fully saturated rings. The van der Waals surface area contributed by atoms with Crippen LogP contribution in [-0.4, -0.2) is 33.7 Å². The molecule has 0 aliphatic carbocycles. The molecule has 2 N–H and O–H groups in total. The largest absolute Gasteiger partial charge is 0.459 e. The Morgan fingerprint density at radius 3 is 1.88 bits per heavy atom. The van der Waals surface area contributed by atoms with Gasteiger partial charge in [0.25, 0.3) is 0 Å². The molecule has 298 valence electrons. The molecule has 0 unspecified atom stereocenters. The third kappa shape index (κ3) is 7.57. The first-order valence-corrected chi connectivity index (χ1v) is 18.3. The molecule has 1 aromatic heterocycles. The van der Waals surface area contributed by atoms with Crippen molar-refractivity contribution < 1.29 is 51.6 Å². The number of ether oxygens (including phenoxy) is 5. The summed E-state index contributed by atoms with van der Waals surface area (Å²) in [6, 6.07) is 17.9. The molecule has 1 spiro atoms. The van der Waals surface area contributed by atoms with Crippen LogP contribution < -0.4 is 24.7 Å². The summed E-state index contributed by atoms with van der Waals surface area (Å²) in [4.78, 5) is 60.9. The summed E-state index contributed by atoms with van der Waals surface area (Å²) >= 11 is 0. The van der Waals surface area contributed by atoms with Crippen molar-refractivity contribution in [2.45, 2.75) is 66.6 Å². The second-order valence-electron chi connectivity index (χ2n) is 16.1. The minimum Gasteiger partial charge on any atom is -0.459 e. The number of Topliss-reactive ketones (excluding diaryl/α,β-unsaturated/α-hetero) is 1. The van der Waals surface area contributed by atoms with Gasteiger partial charge in [-0.15, -0.1) is 0 Å². The number of aromatic nitrogens is 2. The Balaban J connectivity index is 1.20. The second-order valence-corrected chi connectivity index (χ2v) is 16.1. The average Bonchev–Trinajstić information content (AvgIpc) is 3.45. The molecular weight excluding hydrogens is 752 g/mol. The highest BCUT2D eigenvalue weighted by Gasteiger charge is 2.55. The predicted octanol–water partition coefficient (Wildman–Crippen LogP) is 8.20. The van der Waals surface area contributed by atoms with Crippen LogP contribution in [0.4, 0.5) is 14.6 Å². The van der Waals surface area contributed by atoms with Gasteiger partial charge in [-0.25, -0.2) is 18.6 Å². The fraction of sp³-hybridized carbons (Fsp3) is 0.273. The number of aryl methyl sites for hydroxylation is 1. The number of carbonyl (C=O) groups excluding carboxylic acids is 4. The number of fused-ring (bicyclic) bond motifs is 6. The molecule has 0 saturated carbocycles. The lowest BCUT2D eigenvalue weighted by atomic mass is 9.77. The van der Waals surface area contributed by atoms with Crippen LogP contribution in [0, 0.1) is 22.5 Å². The lowest BCUT2D eigenvalue weighted by Crippen LogP contribution is -2.34. The van der Waals surface area contributed by atoms with Gasteiger partial charge in [-0.05, 0) is 83.4 Å². The van der Waals surface area contributed by atoms with E-state index in [-0.39, 0.29) is 64.1 Å². The number of nitrogens with two attached hydrogens (primary N) is 1. The topological polar surface area (TPSA) is 166 Å². The van der Waals surface area contributed by atoms with E-state index >= 15 is 8.78 Å². The van der Waals surface area contributed by atoms with Gasteiger partial charge in [-0.3, -0.25) is 14.4 Å². The quantitative estimate of drug-likeness (QED) is 0.0865. The molecule has 0 atom stereocenters. The Morgan fingerprint density at radius 1 is 0.759 bits per heavy atom. The predicted molar refractivity (Wildman–Crippen MR) is 205 cm³/mol. The number of hydrogen-bond donors (Lipinski definition) is 1. The number of halogens is 2. The van der Waals surface area contributed by atoms with Gasteiger partial charge in [-0.2, -0.15) is 4.98 Å². The maximum Gasteiger partial charge on any atom is 0.340 e. The van der Waals surface area contributed by atoms with Crippen LogP contribution in [-0.2, 0) is 33.0 Å². The maximum atomic E-state index is 15.9. The zero-order chi connectivity index (χ0) is 41.7. The second kappa shape index (κ2) is 14.7. The standard InChI is InChI=1S/C44H39F2N3O9/c1-42(2,3)39(52)56-35-20-33-28(18-30(35)45)44(29-19-31(46)36(21-34(29)55-33)57-40(53)43(4,5)6)27-13-12-25(17-26(27)38(51)58-44)32(50)14-11-23-7-9-24(10-8-23)22-54-41-48-16-15-37(47)49-41/h7-10,12-13,15-21H,11,14,22H2,1-6H3,(H2,47,48,49). The summed E-state index contributed by atoms with van der Waals surface area (Å²) in [5.41, 5.74) is 3.79. The molecule has 4 aromatic carbocycles. The molecule has 12 nitrogen and oxygen atoms in total. The zero-order valence-corrected chi connectivity index (χ0v) is 32.5. The van der Waals surface area contributed by atoms with Crippen LogP contribution >= 0.6 is 0 Å². The molecule has 0 radical (unpaired) electrons. The monoisotopic (exact) mass is 791 g/mol. The lowest BCUT2D eigenvalue weighted by molar-refractivity contribution is -0.143. The molecule has 5 aromatic rings. The van der Waals surface area contributed by atoms with Gasteiger partial charge in [0.1, 0.15) is 23.9 Å². The van der Waals surface area contributed by atoms with Crippen molar-refractivity contribution in [3.05, 3.63) is 130 Å². The lowest BCUT2D eigenvalue weighted by Gasteiger charge is -2.37. The number of carbonyl (C=O) groups is 4. The van der Waals surface area contributed by atoms with Gasteiger partial charge in [0.15, 0.2) is 34.5 Å². The molecule has 2 aliphatic rings. The third-order valence-electron chi connectivity index (χ3n) is 9.55. The Bertz CT molecular complexity index is 2420. The van der Waals surface area contributed by atoms with Crippen molar-refractivity contribution in [3.63, 3.8) is 0 Å². The first kappa shape index (κ1) is 39.5. The van der Waals surface area contributed by atoms with E-state index in [1.165, 1.54) is 24.4 Å². The van der Waals surface area contributed by atoms with Crippen molar-refractivity contribution in [2.24, 2.45) is 10.8 Å². The van der Waals surface area contributed by atoms with Gasteiger partial charge in [-0.1, -0.05) is 36.4 Å². The normalized spacial score (nSPS) is 13.8. The molecule has 14 heteroatoms. The van der Waals surface area contributed by atoms with Gasteiger partial charge in [0.05, 0.1) is 27.5 Å². The fourth-order valence-electron chi connectivity index (χ4n) is 6.33. The van der Waals surface area contributed by atoms with E-state index < -0.39 is 57.5 Å². The minimum absolute atomic E-state index is 0.00885. The van der Waals surface area contributed by atoms with Crippen molar-refractivity contribution in [3.8, 4) is 29.0 Å². The summed E-state index contributed by atoms with van der Waals surface area (Å²) in [5, 5.41) is 0. The van der Waals surface area contributed by atoms with Crippen LogP contribution in [0.25, 0.3) is 0 Å². The Labute approximate surface area is 332 Å². The summed E-state index contributed by atoms with van der Waals surface area (Å²) in [5.74, 6) is -5.32. The average molecular weight is 792 g/mol. The zero-order valence-electron chi connectivity index (χ0n) is 32.5. The fourth-order valence-corrected chi connectivity index (χ4v) is 6.33. The highest BCUT2D eigenvalue weighted by Crippen LogP contribution is 2.58. The number of rotatable bonds is 9. The molecule has 2 aliphatic heterocycles. The molecule has 0 saturated heterocycles. The minimum atomic E-state index is -1.98. The first-order chi connectivity index (χ1) is 27.3. The number of esters is 3. The number of nitrogens with zero attached hydrogens (tertiary/aromatic N) is 2.